The van der Waals surface area contributed by atoms with Crippen molar-refractivity contribution in [3.8, 4) is 0 Å². The molecule has 0 spiro atoms. The van der Waals surface area contributed by atoms with Crippen LogP contribution in [0.5, 0.6) is 0 Å². The maximum atomic E-state index is 9.75. The van der Waals surface area contributed by atoms with Crippen LogP contribution in [0.15, 0.2) is 43.0 Å². The molecular weight excluding hydrogens is 455 g/mol. The minimum absolute atomic E-state index is 0.582. The van der Waals surface area contributed by atoms with Crippen LogP contribution >= 0.6 is 0 Å². The molecule has 1 heterocycles. The molecule has 0 aliphatic heterocycles. The summed E-state index contributed by atoms with van der Waals surface area (Å²) in [5.41, 5.74) is 1.27. The van der Waals surface area contributed by atoms with Gasteiger partial charge in [-0.1, -0.05) is 30.7 Å². The number of nitrogens with zero attached hydrogens (tertiary/aromatic N) is 2. The maximum Gasteiger partial charge on any atom is 0.673 e. The first-order chi connectivity index (χ1) is 15.7. The fourth-order valence-electron chi connectivity index (χ4n) is 4.07. The third-order valence-electron chi connectivity index (χ3n) is 5.38. The lowest BCUT2D eigenvalue weighted by Gasteiger charge is -2.28. The number of hydrogen-bond donors (Lipinski definition) is 0. The van der Waals surface area contributed by atoms with Crippen molar-refractivity contribution < 1.29 is 35.1 Å². The monoisotopic (exact) mass is 490 g/mol. The van der Waals surface area contributed by atoms with E-state index in [4.69, 9.17) is 13.3 Å². The van der Waals surface area contributed by atoms with Gasteiger partial charge in [-0.25, -0.2) is 9.13 Å². The van der Waals surface area contributed by atoms with Crippen LogP contribution in [0.1, 0.15) is 64.5 Å². The number of benzene rings is 1. The highest BCUT2D eigenvalue weighted by molar-refractivity contribution is 6.75. The molecule has 2 aromatic rings. The Labute approximate surface area is 195 Å². The van der Waals surface area contributed by atoms with E-state index in [1.165, 1.54) is 37.7 Å². The summed E-state index contributed by atoms with van der Waals surface area (Å²) in [6, 6.07) is 9.23. The van der Waals surface area contributed by atoms with Crippen molar-refractivity contribution in [1.82, 2.24) is 4.57 Å². The summed E-state index contributed by atoms with van der Waals surface area (Å²) in [4.78, 5) is 0. The second-order valence-corrected chi connectivity index (χ2v) is 10.4. The molecule has 0 unspecified atom stereocenters. The Morgan fingerprint density at radius 3 is 1.91 bits per heavy atom. The van der Waals surface area contributed by atoms with Crippen LogP contribution in [0.25, 0.3) is 0 Å². The van der Waals surface area contributed by atoms with Crippen molar-refractivity contribution in [3.05, 3.63) is 48.5 Å². The number of imidazole rings is 1. The minimum atomic E-state index is -6.00. The van der Waals surface area contributed by atoms with E-state index < -0.39 is 16.1 Å². The number of halogens is 4. The number of hydrogen-bond acceptors (Lipinski definition) is 3. The molecule has 33 heavy (non-hydrogen) atoms. The van der Waals surface area contributed by atoms with E-state index in [9.17, 15) is 17.3 Å². The SMILES string of the molecule is CCO[Si](OCC)(OCC)c1ccc(C[n+]2ccn(C3CCCCC3)c2)cc1.F[B-](F)(F)F. The lowest BCUT2D eigenvalue weighted by molar-refractivity contribution is -0.688. The van der Waals surface area contributed by atoms with Crippen molar-refractivity contribution in [2.24, 2.45) is 0 Å². The molecule has 0 amide bonds. The maximum absolute atomic E-state index is 9.75. The van der Waals surface area contributed by atoms with Gasteiger partial charge < -0.3 is 30.5 Å². The average Bonchev–Trinajstić information content (AvgIpc) is 3.23. The highest BCUT2D eigenvalue weighted by Gasteiger charge is 2.43. The molecule has 1 aromatic carbocycles. The second kappa shape index (κ2) is 13.3. The standard InChI is InChI=1S/C22H35N2O3Si.BF4/c1-4-25-28(26-5-2,27-6-3)22-14-12-20(13-15-22)18-23-16-17-24(19-23)21-10-8-7-9-11-21;2-1(3,4)5/h12-17,19,21H,4-11,18H2,1-3H3;/q+1;-1. The van der Waals surface area contributed by atoms with Gasteiger partial charge in [0, 0.05) is 25.0 Å². The highest BCUT2D eigenvalue weighted by atomic mass is 28.4. The van der Waals surface area contributed by atoms with E-state index in [1.54, 1.807) is 0 Å². The summed E-state index contributed by atoms with van der Waals surface area (Å²) in [6.45, 7) is 8.58. The summed E-state index contributed by atoms with van der Waals surface area (Å²) < 4.78 is 61.7. The molecule has 186 valence electrons. The van der Waals surface area contributed by atoms with Crippen LogP contribution in [0.2, 0.25) is 0 Å². The van der Waals surface area contributed by atoms with E-state index in [0.29, 0.717) is 25.9 Å². The number of rotatable bonds is 10. The lowest BCUT2D eigenvalue weighted by atomic mass is 9.95. The summed E-state index contributed by atoms with van der Waals surface area (Å²) >= 11 is 0. The van der Waals surface area contributed by atoms with Gasteiger partial charge in [0.25, 0.3) is 0 Å². The van der Waals surface area contributed by atoms with Crippen molar-refractivity contribution in [2.75, 3.05) is 19.8 Å². The molecule has 0 N–H and O–H groups in total. The van der Waals surface area contributed by atoms with Crippen molar-refractivity contribution in [2.45, 2.75) is 65.5 Å². The molecule has 11 heteroatoms. The molecule has 1 fully saturated rings. The number of aromatic nitrogens is 2. The fourth-order valence-corrected chi connectivity index (χ4v) is 6.53. The van der Waals surface area contributed by atoms with Crippen molar-refractivity contribution in [1.29, 1.82) is 0 Å². The lowest BCUT2D eigenvalue weighted by Crippen LogP contribution is -2.56. The Bertz CT molecular complexity index is 792. The van der Waals surface area contributed by atoms with Crippen LogP contribution < -0.4 is 9.75 Å². The summed E-state index contributed by atoms with van der Waals surface area (Å²) in [7, 11) is -8.82. The Kier molecular flexibility index (Phi) is 11.1. The van der Waals surface area contributed by atoms with E-state index in [-0.39, 0.29) is 0 Å². The van der Waals surface area contributed by atoms with Gasteiger partial charge in [-0.15, -0.1) is 0 Å². The summed E-state index contributed by atoms with van der Waals surface area (Å²) in [5, 5.41) is 1.03. The van der Waals surface area contributed by atoms with E-state index in [2.05, 4.69) is 52.1 Å². The minimum Gasteiger partial charge on any atom is -0.418 e. The molecule has 5 nitrogen and oxygen atoms in total. The quantitative estimate of drug-likeness (QED) is 0.271. The molecule has 0 atom stereocenters. The molecule has 1 aromatic heterocycles. The van der Waals surface area contributed by atoms with Crippen LogP contribution in [0, 0.1) is 0 Å². The van der Waals surface area contributed by atoms with Gasteiger partial charge in [-0.2, -0.15) is 0 Å². The van der Waals surface area contributed by atoms with Crippen LogP contribution in [-0.4, -0.2) is 40.4 Å². The smallest absolute Gasteiger partial charge is 0.418 e. The largest absolute Gasteiger partial charge is 0.673 e. The normalized spacial score (nSPS) is 15.2. The summed E-state index contributed by atoms with van der Waals surface area (Å²) in [5.74, 6) is 0. The van der Waals surface area contributed by atoms with Gasteiger partial charge in [0.05, 0.1) is 0 Å². The zero-order chi connectivity index (χ0) is 24.3. The molecule has 1 aliphatic carbocycles. The van der Waals surface area contributed by atoms with E-state index in [0.717, 1.165) is 11.7 Å². The predicted molar refractivity (Wildman–Crippen MR) is 123 cm³/mol. The second-order valence-electron chi connectivity index (χ2n) is 7.87. The van der Waals surface area contributed by atoms with Gasteiger partial charge in [0.2, 0.25) is 6.33 Å². The van der Waals surface area contributed by atoms with E-state index >= 15 is 0 Å². The first kappa shape index (κ1) is 27.6. The zero-order valence-corrected chi connectivity index (χ0v) is 20.7. The highest BCUT2D eigenvalue weighted by Crippen LogP contribution is 2.27. The molecule has 0 saturated heterocycles. The van der Waals surface area contributed by atoms with Crippen molar-refractivity contribution >= 4 is 21.2 Å². The van der Waals surface area contributed by atoms with Gasteiger partial charge in [0.1, 0.15) is 25.0 Å². The van der Waals surface area contributed by atoms with Gasteiger partial charge in [-0.3, -0.25) is 0 Å². The molecule has 0 radical (unpaired) electrons. The van der Waals surface area contributed by atoms with Crippen LogP contribution in [-0.2, 0) is 19.8 Å². The zero-order valence-electron chi connectivity index (χ0n) is 19.7. The molecule has 0 bridgehead atoms. The van der Waals surface area contributed by atoms with Gasteiger partial charge >= 0.3 is 16.1 Å². The van der Waals surface area contributed by atoms with E-state index in [1.807, 2.05) is 20.8 Å². The Balaban J connectivity index is 0.000000696. The third kappa shape index (κ3) is 9.23. The van der Waals surface area contributed by atoms with Gasteiger partial charge in [-0.05, 0) is 52.0 Å². The van der Waals surface area contributed by atoms with Crippen LogP contribution in [0.4, 0.5) is 17.3 Å². The predicted octanol–water partition coefficient (Wildman–Crippen LogP) is 4.88. The Morgan fingerprint density at radius 1 is 0.909 bits per heavy atom. The molecule has 1 aliphatic rings. The Morgan fingerprint density at radius 2 is 1.42 bits per heavy atom. The first-order valence-corrected chi connectivity index (χ1v) is 13.4. The first-order valence-electron chi connectivity index (χ1n) is 11.7. The molecule has 3 rings (SSSR count). The third-order valence-corrected chi connectivity index (χ3v) is 8.43. The summed E-state index contributed by atoms with van der Waals surface area (Å²) in [6.07, 6.45) is 13.4. The average molecular weight is 490 g/mol. The van der Waals surface area contributed by atoms with Gasteiger partial charge in [0.15, 0.2) is 0 Å². The molecule has 1 saturated carbocycles. The van der Waals surface area contributed by atoms with Crippen LogP contribution in [0.3, 0.4) is 0 Å². The Hall–Kier alpha value is -1.69. The van der Waals surface area contributed by atoms with Crippen molar-refractivity contribution in [3.63, 3.8) is 0 Å². The fraction of sp³-hybridized carbons (Fsp3) is 0.591. The molecular formula is C22H35BF4N2O3Si. The topological polar surface area (TPSA) is 36.5 Å².